The number of amides is 2. The summed E-state index contributed by atoms with van der Waals surface area (Å²) in [6.45, 7) is 8.69. The number of benzene rings is 2. The van der Waals surface area contributed by atoms with Gasteiger partial charge < -0.3 is 16.0 Å². The van der Waals surface area contributed by atoms with Crippen LogP contribution in [0.5, 0.6) is 0 Å². The van der Waals surface area contributed by atoms with E-state index in [1.807, 2.05) is 6.07 Å². The van der Waals surface area contributed by atoms with Gasteiger partial charge in [-0.3, -0.25) is 9.59 Å². The molecule has 0 aromatic heterocycles. The maximum Gasteiger partial charge on any atom is 0.238 e. The number of hydrogen-bond acceptors (Lipinski definition) is 3. The fraction of sp³-hybridized carbons (Fsp3) is 0.517. The minimum absolute atomic E-state index is 0.0305. The zero-order valence-electron chi connectivity index (χ0n) is 22.3. The van der Waals surface area contributed by atoms with Crippen LogP contribution < -0.4 is 16.0 Å². The first-order valence-electron chi connectivity index (χ1n) is 13.5. The molecule has 9 heteroatoms. The van der Waals surface area contributed by atoms with Crippen LogP contribution in [0, 0.1) is 11.2 Å². The Hall–Kier alpha value is -1.93. The molecule has 38 heavy (non-hydrogen) atoms. The van der Waals surface area contributed by atoms with E-state index in [2.05, 4.69) is 43.3 Å². The minimum Gasteiger partial charge on any atom is -0.352 e. The van der Waals surface area contributed by atoms with Crippen molar-refractivity contribution in [3.8, 4) is 0 Å². The third kappa shape index (κ3) is 4.80. The van der Waals surface area contributed by atoms with E-state index < -0.39 is 38.0 Å². The molecule has 3 heterocycles. The maximum absolute atomic E-state index is 15.8. The average Bonchev–Trinajstić information content (AvgIpc) is 3.31. The van der Waals surface area contributed by atoms with Crippen molar-refractivity contribution in [3.63, 3.8) is 0 Å². The van der Waals surface area contributed by atoms with Crippen molar-refractivity contribution >= 4 is 49.5 Å². The lowest BCUT2D eigenvalue weighted by Crippen LogP contribution is -2.50. The number of hydrogen-bond donors (Lipinski definition) is 3. The van der Waals surface area contributed by atoms with Gasteiger partial charge in [-0.1, -0.05) is 80.8 Å². The van der Waals surface area contributed by atoms with Crippen molar-refractivity contribution in [1.82, 2.24) is 10.6 Å². The molecule has 5 nitrogen and oxygen atoms in total. The van der Waals surface area contributed by atoms with Gasteiger partial charge in [0.1, 0.15) is 11.2 Å². The Labute approximate surface area is 235 Å². The summed E-state index contributed by atoms with van der Waals surface area (Å²) >= 11 is 12.6. The van der Waals surface area contributed by atoms with Gasteiger partial charge in [0, 0.05) is 37.5 Å². The van der Waals surface area contributed by atoms with Crippen LogP contribution in [0.1, 0.15) is 57.1 Å². The van der Waals surface area contributed by atoms with E-state index >= 15 is 4.39 Å². The first-order valence-corrected chi connectivity index (χ1v) is 17.1. The zero-order valence-corrected chi connectivity index (χ0v) is 25.0. The molecular weight excluding hydrogens is 540 g/mol. The molecular formula is C29H36Cl2FN3O2Si. The van der Waals surface area contributed by atoms with Crippen LogP contribution in [-0.2, 0) is 15.0 Å². The third-order valence-corrected chi connectivity index (χ3v) is 11.7. The second-order valence-corrected chi connectivity index (χ2v) is 16.8. The summed E-state index contributed by atoms with van der Waals surface area (Å²) in [4.78, 5) is 28.2. The molecule has 3 aliphatic rings. The summed E-state index contributed by atoms with van der Waals surface area (Å²) in [6.07, 6.45) is 2.54. The summed E-state index contributed by atoms with van der Waals surface area (Å²) in [5.41, 5.74) is 0.194. The van der Waals surface area contributed by atoms with Crippen molar-refractivity contribution in [2.45, 2.75) is 88.1 Å². The van der Waals surface area contributed by atoms with Gasteiger partial charge in [0.2, 0.25) is 11.8 Å². The van der Waals surface area contributed by atoms with Crippen LogP contribution in [0.15, 0.2) is 36.4 Å². The number of anilines is 1. The summed E-state index contributed by atoms with van der Waals surface area (Å²) in [5, 5.41) is 10.3. The predicted octanol–water partition coefficient (Wildman–Crippen LogP) is 6.02. The molecule has 2 aromatic rings. The second kappa shape index (κ2) is 10.2. The topological polar surface area (TPSA) is 70.2 Å². The standard InChI is InChI=1S/C29H36Cl2FN3O2Si/c1-28(2,3)15-22-29(19-9-8-16(30)14-21(19)34-27(29)37)23(18-6-5-7-20(31)24(18)32)25(35-22)26(36)33-17-10-12-38(4)13-11-17/h5-9,14,17,22-23,25,35,38H,10-13,15H2,1-4H3,(H,33,36)(H,34,37)/t17?,22-,23-,25+,29+,38?/m0/s1. The van der Waals surface area contributed by atoms with Crippen molar-refractivity contribution < 1.29 is 14.0 Å². The smallest absolute Gasteiger partial charge is 0.238 e. The van der Waals surface area contributed by atoms with E-state index in [1.165, 1.54) is 18.2 Å². The van der Waals surface area contributed by atoms with Gasteiger partial charge in [0.05, 0.1) is 11.1 Å². The Morgan fingerprint density at radius 2 is 1.89 bits per heavy atom. The number of carbonyl (C=O) groups is 2. The summed E-state index contributed by atoms with van der Waals surface area (Å²) in [6, 6.07) is 11.4. The van der Waals surface area contributed by atoms with E-state index in [-0.39, 0.29) is 33.9 Å². The summed E-state index contributed by atoms with van der Waals surface area (Å²) < 4.78 is 15.8. The largest absolute Gasteiger partial charge is 0.352 e. The molecule has 0 saturated carbocycles. The second-order valence-electron chi connectivity index (χ2n) is 12.6. The molecule has 2 amide bonds. The lowest BCUT2D eigenvalue weighted by molar-refractivity contribution is -0.124. The van der Waals surface area contributed by atoms with Crippen molar-refractivity contribution in [2.75, 3.05) is 5.32 Å². The molecule has 0 unspecified atom stereocenters. The molecule has 3 aliphatic heterocycles. The Bertz CT molecular complexity index is 1260. The summed E-state index contributed by atoms with van der Waals surface area (Å²) in [7, 11) is -0.682. The molecule has 2 aromatic carbocycles. The number of rotatable bonds is 4. The Kier molecular flexibility index (Phi) is 7.44. The van der Waals surface area contributed by atoms with Crippen molar-refractivity contribution in [3.05, 3.63) is 63.4 Å². The number of halogens is 3. The molecule has 2 fully saturated rings. The third-order valence-electron chi connectivity index (χ3n) is 8.58. The lowest BCUT2D eigenvalue weighted by Gasteiger charge is -2.38. The van der Waals surface area contributed by atoms with Gasteiger partial charge in [-0.25, -0.2) is 4.39 Å². The normalized spacial score (nSPS) is 30.8. The average molecular weight is 577 g/mol. The van der Waals surface area contributed by atoms with Crippen LogP contribution in [0.3, 0.4) is 0 Å². The van der Waals surface area contributed by atoms with Gasteiger partial charge in [-0.2, -0.15) is 0 Å². The molecule has 5 rings (SSSR count). The van der Waals surface area contributed by atoms with Crippen molar-refractivity contribution in [2.24, 2.45) is 5.41 Å². The van der Waals surface area contributed by atoms with Gasteiger partial charge in [0.25, 0.3) is 0 Å². The fourth-order valence-electron chi connectivity index (χ4n) is 6.85. The highest BCUT2D eigenvalue weighted by Gasteiger charge is 2.66. The highest BCUT2D eigenvalue weighted by atomic mass is 35.5. The Balaban J connectivity index is 1.67. The quantitative estimate of drug-likeness (QED) is 0.390. The number of nitrogens with one attached hydrogen (secondary N) is 3. The predicted molar refractivity (Wildman–Crippen MR) is 154 cm³/mol. The molecule has 1 spiro atoms. The lowest BCUT2D eigenvalue weighted by atomic mass is 9.62. The van der Waals surface area contributed by atoms with Crippen LogP contribution in [0.4, 0.5) is 10.1 Å². The number of fused-ring (bicyclic) bond motifs is 2. The van der Waals surface area contributed by atoms with Crippen LogP contribution >= 0.6 is 23.2 Å². The molecule has 4 atom stereocenters. The van der Waals surface area contributed by atoms with Crippen LogP contribution in [-0.4, -0.2) is 38.7 Å². The first kappa shape index (κ1) is 27.6. The molecule has 0 aliphatic carbocycles. The molecule has 3 N–H and O–H groups in total. The monoisotopic (exact) mass is 575 g/mol. The molecule has 2 saturated heterocycles. The van der Waals surface area contributed by atoms with Crippen molar-refractivity contribution in [1.29, 1.82) is 0 Å². The highest BCUT2D eigenvalue weighted by molar-refractivity contribution is 6.57. The highest BCUT2D eigenvalue weighted by Crippen LogP contribution is 2.57. The van der Waals surface area contributed by atoms with Gasteiger partial charge in [-0.05, 0) is 54.0 Å². The van der Waals surface area contributed by atoms with Gasteiger partial charge >= 0.3 is 0 Å². The van der Waals surface area contributed by atoms with E-state index in [9.17, 15) is 9.59 Å². The summed E-state index contributed by atoms with van der Waals surface area (Å²) in [5.74, 6) is -1.86. The minimum atomic E-state index is -1.23. The first-order chi connectivity index (χ1) is 17.9. The van der Waals surface area contributed by atoms with E-state index in [0.29, 0.717) is 17.1 Å². The molecule has 204 valence electrons. The van der Waals surface area contributed by atoms with Gasteiger partial charge in [0.15, 0.2) is 0 Å². The van der Waals surface area contributed by atoms with E-state index in [0.717, 1.165) is 18.4 Å². The zero-order chi connectivity index (χ0) is 27.4. The van der Waals surface area contributed by atoms with Crippen LogP contribution in [0.25, 0.3) is 0 Å². The Morgan fingerprint density at radius 3 is 2.58 bits per heavy atom. The Morgan fingerprint density at radius 1 is 1.18 bits per heavy atom. The van der Waals surface area contributed by atoms with Gasteiger partial charge in [-0.15, -0.1) is 0 Å². The number of carbonyl (C=O) groups excluding carboxylic acids is 2. The van der Waals surface area contributed by atoms with Crippen LogP contribution in [0.2, 0.25) is 28.7 Å². The van der Waals surface area contributed by atoms with E-state index in [4.69, 9.17) is 23.2 Å². The van der Waals surface area contributed by atoms with E-state index in [1.54, 1.807) is 24.3 Å². The molecule has 0 radical (unpaired) electrons. The fourth-order valence-corrected chi connectivity index (χ4v) is 9.43. The maximum atomic E-state index is 15.8. The SMILES string of the molecule is C[SiH]1CCC(NC(=O)[C@@H]2N[C@@H](CC(C)(C)C)[C@@]3(C(=O)Nc4cc(Cl)ccc43)[C@H]2c2cccc(Cl)c2F)CC1. The molecule has 0 bridgehead atoms.